The Balaban J connectivity index is 1.84. The second kappa shape index (κ2) is 4.24. The van der Waals surface area contributed by atoms with Crippen LogP contribution in [0.25, 0.3) is 21.2 Å². The number of rotatable bonds is 2. The van der Waals surface area contributed by atoms with Crippen molar-refractivity contribution >= 4 is 27.9 Å². The molecule has 1 aliphatic rings. The van der Waals surface area contributed by atoms with E-state index in [1.807, 2.05) is 6.26 Å². The van der Waals surface area contributed by atoms with Crippen LogP contribution in [0.1, 0.15) is 5.76 Å². The summed E-state index contributed by atoms with van der Waals surface area (Å²) >= 11 is 1.75. The fraction of sp³-hybridized carbons (Fsp3) is 0.133. The molecule has 94 valence electrons. The van der Waals surface area contributed by atoms with Crippen LogP contribution in [0.15, 0.2) is 51.4 Å². The summed E-state index contributed by atoms with van der Waals surface area (Å²) in [5, 5.41) is 7.59. The number of aliphatic imine (C=N–C) groups is 1. The molecule has 0 bridgehead atoms. The lowest BCUT2D eigenvalue weighted by molar-refractivity contribution is 0.560. The average molecular weight is 268 g/mol. The Labute approximate surface area is 114 Å². The molecule has 1 aliphatic heterocycles. The Hall–Kier alpha value is -2.07. The molecule has 4 rings (SSSR count). The number of fused-ring (bicyclic) bond motifs is 1. The highest BCUT2D eigenvalue weighted by Gasteiger charge is 2.15. The third kappa shape index (κ3) is 1.76. The van der Waals surface area contributed by atoms with Crippen LogP contribution in [0.3, 0.4) is 0 Å². The van der Waals surface area contributed by atoms with Crippen LogP contribution < -0.4 is 5.32 Å². The highest BCUT2D eigenvalue weighted by Crippen LogP contribution is 2.30. The smallest absolute Gasteiger partial charge is 0.176 e. The number of benzene rings is 1. The predicted octanol–water partition coefficient (Wildman–Crippen LogP) is 3.51. The summed E-state index contributed by atoms with van der Waals surface area (Å²) in [4.78, 5) is 5.69. The van der Waals surface area contributed by atoms with Crippen molar-refractivity contribution in [2.45, 2.75) is 0 Å². The molecule has 2 aromatic heterocycles. The fourth-order valence-corrected chi connectivity index (χ4v) is 3.11. The van der Waals surface area contributed by atoms with E-state index in [1.165, 1.54) is 10.4 Å². The van der Waals surface area contributed by atoms with Gasteiger partial charge in [-0.15, -0.1) is 11.3 Å². The predicted molar refractivity (Wildman–Crippen MR) is 78.9 cm³/mol. The lowest BCUT2D eigenvalue weighted by Crippen LogP contribution is -2.18. The number of hydrogen-bond acceptors (Lipinski definition) is 4. The van der Waals surface area contributed by atoms with Crippen molar-refractivity contribution in [1.82, 2.24) is 5.32 Å². The first-order chi connectivity index (χ1) is 9.42. The van der Waals surface area contributed by atoms with Gasteiger partial charge in [0.1, 0.15) is 0 Å². The molecule has 0 atom stereocenters. The molecule has 0 spiro atoms. The van der Waals surface area contributed by atoms with Crippen molar-refractivity contribution < 1.29 is 4.42 Å². The molecule has 0 unspecified atom stereocenters. The monoisotopic (exact) mass is 268 g/mol. The molecule has 0 fully saturated rings. The van der Waals surface area contributed by atoms with Crippen molar-refractivity contribution in [2.75, 3.05) is 13.1 Å². The zero-order valence-electron chi connectivity index (χ0n) is 10.2. The van der Waals surface area contributed by atoms with Gasteiger partial charge >= 0.3 is 0 Å². The van der Waals surface area contributed by atoms with Gasteiger partial charge in [-0.05, 0) is 29.1 Å². The van der Waals surface area contributed by atoms with Crippen LogP contribution in [0.5, 0.6) is 0 Å². The number of thiophene rings is 1. The van der Waals surface area contributed by atoms with E-state index in [9.17, 15) is 0 Å². The van der Waals surface area contributed by atoms with Gasteiger partial charge in [0, 0.05) is 22.2 Å². The van der Waals surface area contributed by atoms with E-state index in [0.717, 1.165) is 35.5 Å². The van der Waals surface area contributed by atoms with Crippen molar-refractivity contribution in [1.29, 1.82) is 0 Å². The Morgan fingerprint density at radius 3 is 3.05 bits per heavy atom. The fourth-order valence-electron chi connectivity index (χ4n) is 2.38. The molecule has 1 aromatic carbocycles. The maximum Gasteiger partial charge on any atom is 0.176 e. The van der Waals surface area contributed by atoms with Gasteiger partial charge in [0.2, 0.25) is 0 Å². The maximum absolute atomic E-state index is 5.68. The van der Waals surface area contributed by atoms with Gasteiger partial charge in [0.15, 0.2) is 11.6 Å². The second-order valence-electron chi connectivity index (χ2n) is 4.50. The summed E-state index contributed by atoms with van der Waals surface area (Å²) in [5.74, 6) is 1.73. The first-order valence-electron chi connectivity index (χ1n) is 6.26. The normalized spacial score (nSPS) is 14.6. The summed E-state index contributed by atoms with van der Waals surface area (Å²) in [7, 11) is 0. The summed E-state index contributed by atoms with van der Waals surface area (Å²) in [6, 6.07) is 10.6. The molecule has 3 nitrogen and oxygen atoms in total. The minimum atomic E-state index is 0.824. The molecular weight excluding hydrogens is 256 g/mol. The molecular formula is C15H12N2OS. The minimum Gasteiger partial charge on any atom is -0.460 e. The number of amidine groups is 1. The third-order valence-corrected chi connectivity index (χ3v) is 4.21. The molecule has 0 saturated heterocycles. The Morgan fingerprint density at radius 1 is 1.26 bits per heavy atom. The van der Waals surface area contributed by atoms with E-state index in [2.05, 4.69) is 46.0 Å². The molecule has 0 saturated carbocycles. The highest BCUT2D eigenvalue weighted by molar-refractivity contribution is 7.13. The van der Waals surface area contributed by atoms with E-state index in [1.54, 1.807) is 11.3 Å². The van der Waals surface area contributed by atoms with E-state index >= 15 is 0 Å². The van der Waals surface area contributed by atoms with Gasteiger partial charge in [-0.3, -0.25) is 4.99 Å². The largest absolute Gasteiger partial charge is 0.460 e. The highest BCUT2D eigenvalue weighted by atomic mass is 32.1. The van der Waals surface area contributed by atoms with E-state index in [4.69, 9.17) is 4.42 Å². The van der Waals surface area contributed by atoms with Gasteiger partial charge in [-0.25, -0.2) is 0 Å². The van der Waals surface area contributed by atoms with Crippen LogP contribution >= 0.6 is 11.3 Å². The Kier molecular flexibility index (Phi) is 2.42. The molecule has 4 heteroatoms. The van der Waals surface area contributed by atoms with Gasteiger partial charge < -0.3 is 9.73 Å². The van der Waals surface area contributed by atoms with Crippen molar-refractivity contribution in [3.05, 3.63) is 47.7 Å². The van der Waals surface area contributed by atoms with E-state index in [0.29, 0.717) is 0 Å². The van der Waals surface area contributed by atoms with Gasteiger partial charge in [-0.2, -0.15) is 0 Å². The summed E-state index contributed by atoms with van der Waals surface area (Å²) < 4.78 is 5.68. The van der Waals surface area contributed by atoms with Gasteiger partial charge in [0.05, 0.1) is 12.8 Å². The lowest BCUT2D eigenvalue weighted by Gasteiger charge is -2.00. The SMILES string of the molecule is c1csc(-c2ccc3c(C4=NCCN4)occ3c2)c1. The molecule has 3 aromatic rings. The zero-order valence-corrected chi connectivity index (χ0v) is 11.0. The summed E-state index contributed by atoms with van der Waals surface area (Å²) in [5.41, 5.74) is 1.23. The average Bonchev–Trinajstić information content (AvgIpc) is 3.18. The quantitative estimate of drug-likeness (QED) is 0.772. The number of hydrogen-bond donors (Lipinski definition) is 1. The maximum atomic E-state index is 5.68. The molecule has 3 heterocycles. The minimum absolute atomic E-state index is 0.824. The zero-order chi connectivity index (χ0) is 12.7. The summed E-state index contributed by atoms with van der Waals surface area (Å²) in [6.07, 6.45) is 1.81. The van der Waals surface area contributed by atoms with Crippen LogP contribution in [0.2, 0.25) is 0 Å². The van der Waals surface area contributed by atoms with Crippen LogP contribution in [-0.2, 0) is 0 Å². The molecule has 1 N–H and O–H groups in total. The Bertz CT molecular complexity index is 756. The third-order valence-electron chi connectivity index (χ3n) is 3.29. The van der Waals surface area contributed by atoms with Crippen molar-refractivity contribution in [3.63, 3.8) is 0 Å². The Morgan fingerprint density at radius 2 is 2.26 bits per heavy atom. The first kappa shape index (κ1) is 10.8. The van der Waals surface area contributed by atoms with Gasteiger partial charge in [-0.1, -0.05) is 12.1 Å². The van der Waals surface area contributed by atoms with E-state index in [-0.39, 0.29) is 0 Å². The number of nitrogens with one attached hydrogen (secondary N) is 1. The van der Waals surface area contributed by atoms with E-state index < -0.39 is 0 Å². The first-order valence-corrected chi connectivity index (χ1v) is 7.13. The lowest BCUT2D eigenvalue weighted by atomic mass is 10.1. The summed E-state index contributed by atoms with van der Waals surface area (Å²) in [6.45, 7) is 1.72. The molecule has 0 aliphatic carbocycles. The van der Waals surface area contributed by atoms with Crippen molar-refractivity contribution in [3.8, 4) is 10.4 Å². The number of nitrogens with zero attached hydrogens (tertiary/aromatic N) is 1. The van der Waals surface area contributed by atoms with Crippen LogP contribution in [0, 0.1) is 0 Å². The number of furan rings is 1. The molecule has 0 amide bonds. The van der Waals surface area contributed by atoms with Crippen LogP contribution in [-0.4, -0.2) is 18.9 Å². The van der Waals surface area contributed by atoms with Gasteiger partial charge in [0.25, 0.3) is 0 Å². The molecule has 0 radical (unpaired) electrons. The molecule has 19 heavy (non-hydrogen) atoms. The second-order valence-corrected chi connectivity index (χ2v) is 5.45. The van der Waals surface area contributed by atoms with Crippen LogP contribution in [0.4, 0.5) is 0 Å². The standard InChI is InChI=1S/C15H12N2OS/c1-2-13(19-7-1)10-3-4-12-11(8-10)9-18-14(12)15-16-5-6-17-15/h1-4,7-9H,5-6H2,(H,16,17). The topological polar surface area (TPSA) is 37.5 Å². The van der Waals surface area contributed by atoms with Crippen molar-refractivity contribution in [2.24, 2.45) is 4.99 Å².